The lowest BCUT2D eigenvalue weighted by Gasteiger charge is -2.00. The van der Waals surface area contributed by atoms with Crippen molar-refractivity contribution in [1.82, 2.24) is 10.3 Å². The summed E-state index contributed by atoms with van der Waals surface area (Å²) < 4.78 is 0. The molecule has 0 aliphatic carbocycles. The van der Waals surface area contributed by atoms with Gasteiger partial charge in [-0.05, 0) is 24.4 Å². The van der Waals surface area contributed by atoms with E-state index in [0.717, 1.165) is 29.5 Å². The van der Waals surface area contributed by atoms with Gasteiger partial charge in [0, 0.05) is 22.4 Å². The smallest absolute Gasteiger partial charge is 0.123 e. The molecule has 2 nitrogen and oxygen atoms in total. The van der Waals surface area contributed by atoms with E-state index < -0.39 is 0 Å². The molecule has 2 rings (SSSR count). The first-order chi connectivity index (χ1) is 8.83. The highest BCUT2D eigenvalue weighted by Gasteiger charge is 2.04. The van der Waals surface area contributed by atoms with Gasteiger partial charge in [0.2, 0.25) is 0 Å². The van der Waals surface area contributed by atoms with Crippen LogP contribution in [0, 0.1) is 0 Å². The molecule has 2 aromatic rings. The molecule has 0 fully saturated rings. The van der Waals surface area contributed by atoms with E-state index in [-0.39, 0.29) is 0 Å². The molecule has 4 heteroatoms. The number of benzene rings is 1. The zero-order valence-corrected chi connectivity index (χ0v) is 12.4. The molecule has 1 heterocycles. The number of thiazole rings is 1. The van der Waals surface area contributed by atoms with E-state index in [1.54, 1.807) is 11.3 Å². The van der Waals surface area contributed by atoms with Gasteiger partial charge >= 0.3 is 0 Å². The molecule has 0 radical (unpaired) electrons. The molecule has 0 saturated carbocycles. The van der Waals surface area contributed by atoms with Crippen LogP contribution in [0.2, 0.25) is 0 Å². The third-order valence-electron chi connectivity index (χ3n) is 2.52. The van der Waals surface area contributed by atoms with Gasteiger partial charge in [-0.15, -0.1) is 23.1 Å². The predicted octanol–water partition coefficient (Wildman–Crippen LogP) is 4.03. The molecule has 1 aromatic heterocycles. The number of hydrogen-bond donors (Lipinski definition) is 1. The Hall–Kier alpha value is -0.840. The molecule has 96 valence electrons. The molecule has 1 aromatic carbocycles. The van der Waals surface area contributed by atoms with Crippen LogP contribution in [0.25, 0.3) is 10.6 Å². The molecule has 0 spiro atoms. The second kappa shape index (κ2) is 6.92. The first-order valence-corrected chi connectivity index (χ1v) is 8.08. The average Bonchev–Trinajstić information content (AvgIpc) is 2.86. The Morgan fingerprint density at radius 2 is 2.00 bits per heavy atom. The fourth-order valence-corrected chi connectivity index (χ4v) is 3.12. The maximum atomic E-state index is 4.64. The van der Waals surface area contributed by atoms with Gasteiger partial charge in [-0.2, -0.15) is 0 Å². The van der Waals surface area contributed by atoms with E-state index in [0.29, 0.717) is 0 Å². The van der Waals surface area contributed by atoms with Crippen molar-refractivity contribution in [2.24, 2.45) is 0 Å². The minimum atomic E-state index is 0.858. The first-order valence-electron chi connectivity index (χ1n) is 6.21. The van der Waals surface area contributed by atoms with Gasteiger partial charge in [0.25, 0.3) is 0 Å². The summed E-state index contributed by atoms with van der Waals surface area (Å²) in [5.74, 6) is 1.11. The van der Waals surface area contributed by atoms with Crippen LogP contribution in [0.1, 0.15) is 19.5 Å². The highest BCUT2D eigenvalue weighted by molar-refractivity contribution is 7.99. The SMILES string of the molecule is CCNCc1csc(-c2ccc(SCC)cc2)n1. The summed E-state index contributed by atoms with van der Waals surface area (Å²) in [6, 6.07) is 8.67. The Morgan fingerprint density at radius 1 is 1.22 bits per heavy atom. The summed E-state index contributed by atoms with van der Waals surface area (Å²) in [7, 11) is 0. The number of nitrogens with zero attached hydrogens (tertiary/aromatic N) is 1. The highest BCUT2D eigenvalue weighted by atomic mass is 32.2. The van der Waals surface area contributed by atoms with Gasteiger partial charge in [0.05, 0.1) is 5.69 Å². The Balaban J connectivity index is 2.08. The van der Waals surface area contributed by atoms with Crippen molar-refractivity contribution >= 4 is 23.1 Å². The van der Waals surface area contributed by atoms with Crippen LogP contribution in [0.3, 0.4) is 0 Å². The van der Waals surface area contributed by atoms with Gasteiger partial charge in [0.15, 0.2) is 0 Å². The largest absolute Gasteiger partial charge is 0.311 e. The van der Waals surface area contributed by atoms with Gasteiger partial charge in [-0.1, -0.05) is 26.0 Å². The topological polar surface area (TPSA) is 24.9 Å². The van der Waals surface area contributed by atoms with Gasteiger partial charge in [0.1, 0.15) is 5.01 Å². The van der Waals surface area contributed by atoms with Gasteiger partial charge in [-0.3, -0.25) is 0 Å². The summed E-state index contributed by atoms with van der Waals surface area (Å²) in [5.41, 5.74) is 2.34. The van der Waals surface area contributed by atoms with Crippen molar-refractivity contribution in [3.05, 3.63) is 35.3 Å². The standard InChI is InChI=1S/C14H18N2S2/c1-3-15-9-12-10-18-14(16-12)11-5-7-13(8-6-11)17-4-2/h5-8,10,15H,3-4,9H2,1-2H3. The minimum absolute atomic E-state index is 0.858. The number of nitrogens with one attached hydrogen (secondary N) is 1. The summed E-state index contributed by atoms with van der Waals surface area (Å²) in [6.45, 7) is 6.12. The predicted molar refractivity (Wildman–Crippen MR) is 81.3 cm³/mol. The van der Waals surface area contributed by atoms with Crippen molar-refractivity contribution in [3.63, 3.8) is 0 Å². The van der Waals surface area contributed by atoms with Crippen LogP contribution in [0.5, 0.6) is 0 Å². The van der Waals surface area contributed by atoms with E-state index in [2.05, 4.69) is 53.8 Å². The van der Waals surface area contributed by atoms with E-state index in [1.165, 1.54) is 10.5 Å². The lowest BCUT2D eigenvalue weighted by molar-refractivity contribution is 0.715. The summed E-state index contributed by atoms with van der Waals surface area (Å²) in [4.78, 5) is 5.97. The molecular formula is C14H18N2S2. The fourth-order valence-electron chi connectivity index (χ4n) is 1.63. The lowest BCUT2D eigenvalue weighted by Crippen LogP contribution is -2.11. The number of thioether (sulfide) groups is 1. The van der Waals surface area contributed by atoms with Gasteiger partial charge < -0.3 is 5.32 Å². The van der Waals surface area contributed by atoms with Crippen molar-refractivity contribution in [2.75, 3.05) is 12.3 Å². The van der Waals surface area contributed by atoms with Crippen molar-refractivity contribution in [3.8, 4) is 10.6 Å². The molecule has 18 heavy (non-hydrogen) atoms. The molecule has 0 atom stereocenters. The number of aromatic nitrogens is 1. The molecule has 0 amide bonds. The number of rotatable bonds is 6. The van der Waals surface area contributed by atoms with E-state index in [1.807, 2.05) is 11.8 Å². The third kappa shape index (κ3) is 3.57. The Labute approximate surface area is 117 Å². The van der Waals surface area contributed by atoms with E-state index in [9.17, 15) is 0 Å². The van der Waals surface area contributed by atoms with Gasteiger partial charge in [-0.25, -0.2) is 4.98 Å². The Morgan fingerprint density at radius 3 is 2.67 bits per heavy atom. The molecule has 0 bridgehead atoms. The van der Waals surface area contributed by atoms with Crippen LogP contribution in [0.15, 0.2) is 34.5 Å². The summed E-state index contributed by atoms with van der Waals surface area (Å²) in [6.07, 6.45) is 0. The Bertz CT molecular complexity index is 477. The van der Waals surface area contributed by atoms with Crippen LogP contribution < -0.4 is 5.32 Å². The van der Waals surface area contributed by atoms with Crippen LogP contribution in [-0.2, 0) is 6.54 Å². The average molecular weight is 278 g/mol. The van der Waals surface area contributed by atoms with Crippen molar-refractivity contribution in [1.29, 1.82) is 0 Å². The monoisotopic (exact) mass is 278 g/mol. The quantitative estimate of drug-likeness (QED) is 0.808. The molecule has 0 aliphatic rings. The molecule has 0 aliphatic heterocycles. The molecular weight excluding hydrogens is 260 g/mol. The van der Waals surface area contributed by atoms with E-state index in [4.69, 9.17) is 0 Å². The maximum Gasteiger partial charge on any atom is 0.123 e. The first kappa shape index (κ1) is 13.6. The van der Waals surface area contributed by atoms with Crippen molar-refractivity contribution < 1.29 is 0 Å². The summed E-state index contributed by atoms with van der Waals surface area (Å²) in [5, 5.41) is 6.54. The van der Waals surface area contributed by atoms with Crippen LogP contribution in [0.4, 0.5) is 0 Å². The Kier molecular flexibility index (Phi) is 5.23. The maximum absolute atomic E-state index is 4.64. The highest BCUT2D eigenvalue weighted by Crippen LogP contribution is 2.26. The van der Waals surface area contributed by atoms with E-state index >= 15 is 0 Å². The molecule has 0 saturated heterocycles. The normalized spacial score (nSPS) is 10.8. The lowest BCUT2D eigenvalue weighted by atomic mass is 10.2. The zero-order chi connectivity index (χ0) is 12.8. The second-order valence-corrected chi connectivity index (χ2v) is 6.08. The zero-order valence-electron chi connectivity index (χ0n) is 10.8. The molecule has 0 unspecified atom stereocenters. The fraction of sp³-hybridized carbons (Fsp3) is 0.357. The summed E-state index contributed by atoms with van der Waals surface area (Å²) >= 11 is 3.58. The number of hydrogen-bond acceptors (Lipinski definition) is 4. The minimum Gasteiger partial charge on any atom is -0.311 e. The molecule has 1 N–H and O–H groups in total. The van der Waals surface area contributed by atoms with Crippen LogP contribution >= 0.6 is 23.1 Å². The van der Waals surface area contributed by atoms with Crippen LogP contribution in [-0.4, -0.2) is 17.3 Å². The second-order valence-electron chi connectivity index (χ2n) is 3.88. The third-order valence-corrected chi connectivity index (χ3v) is 4.35. The van der Waals surface area contributed by atoms with Crippen molar-refractivity contribution in [2.45, 2.75) is 25.3 Å².